The van der Waals surface area contributed by atoms with Crippen molar-refractivity contribution in [1.29, 1.82) is 0 Å². The molecule has 11 heteroatoms. The van der Waals surface area contributed by atoms with E-state index in [4.69, 9.17) is 16.3 Å². The van der Waals surface area contributed by atoms with Gasteiger partial charge in [0.05, 0.1) is 18.8 Å². The number of piperazine rings is 1. The fourth-order valence-corrected chi connectivity index (χ4v) is 6.97. The molecule has 2 aromatic rings. The van der Waals surface area contributed by atoms with Gasteiger partial charge in [0.25, 0.3) is 6.43 Å². The second-order valence-electron chi connectivity index (χ2n) is 11.8. The lowest BCUT2D eigenvalue weighted by Gasteiger charge is -2.47. The summed E-state index contributed by atoms with van der Waals surface area (Å²) in [5.74, 6) is -0.314. The van der Waals surface area contributed by atoms with E-state index >= 15 is 0 Å². The molecule has 0 radical (unpaired) electrons. The molecule has 6 rings (SSSR count). The first-order valence-electron chi connectivity index (χ1n) is 15.3. The highest BCUT2D eigenvalue weighted by Gasteiger charge is 2.42. The van der Waals surface area contributed by atoms with Gasteiger partial charge in [0.2, 0.25) is 5.91 Å². The Kier molecular flexibility index (Phi) is 8.60. The first-order valence-corrected chi connectivity index (χ1v) is 15.6. The molecule has 1 amide bonds. The molecule has 4 aliphatic rings. The normalized spacial score (nSPS) is 25.0. The third kappa shape index (κ3) is 6.09. The van der Waals surface area contributed by atoms with E-state index in [2.05, 4.69) is 39.2 Å². The van der Waals surface area contributed by atoms with Crippen molar-refractivity contribution in [3.05, 3.63) is 71.2 Å². The Morgan fingerprint density at radius 2 is 1.84 bits per heavy atom. The summed E-state index contributed by atoms with van der Waals surface area (Å²) < 4.78 is 34.9. The number of hydrogen-bond acceptors (Lipinski definition) is 6. The van der Waals surface area contributed by atoms with Crippen LogP contribution in [-0.2, 0) is 9.53 Å². The fourth-order valence-electron chi connectivity index (χ4n) is 6.61. The number of carbonyl (C=O) groups is 2. The van der Waals surface area contributed by atoms with Gasteiger partial charge in [-0.3, -0.25) is 14.4 Å². The summed E-state index contributed by atoms with van der Waals surface area (Å²) in [6.45, 7) is 5.64. The number of nitrogens with zero attached hydrogens (tertiary/aromatic N) is 5. The molecule has 2 atom stereocenters. The van der Waals surface area contributed by atoms with Crippen LogP contribution in [0.15, 0.2) is 54.4 Å². The maximum atomic E-state index is 14.3. The Morgan fingerprint density at radius 3 is 2.51 bits per heavy atom. The van der Waals surface area contributed by atoms with Crippen LogP contribution in [0.25, 0.3) is 5.57 Å². The molecule has 1 saturated carbocycles. The highest BCUT2D eigenvalue weighted by atomic mass is 35.5. The smallest absolute Gasteiger partial charge is 0.341 e. The Morgan fingerprint density at radius 1 is 1.09 bits per heavy atom. The molecular formula is C32H38ClF2N5O3. The number of carbonyl (C=O) groups excluding carboxylic acids is 2. The lowest BCUT2D eigenvalue weighted by Crippen LogP contribution is -2.56. The van der Waals surface area contributed by atoms with Crippen molar-refractivity contribution in [3.8, 4) is 0 Å². The summed E-state index contributed by atoms with van der Waals surface area (Å²) in [6.07, 6.45) is 6.45. The number of piperidine rings is 1. The number of likely N-dealkylation sites (tertiary alicyclic amines) is 1. The van der Waals surface area contributed by atoms with Gasteiger partial charge in [0.15, 0.2) is 0 Å². The maximum Gasteiger partial charge on any atom is 0.341 e. The SMILES string of the molecule is CCOC(=O)c1cnn(C2CCCN(C3=C(c4ccccc4)C=CC(Cl)(N4CCN(C(=O)C5CC5)CC4)C3)C2)c1C(F)F. The molecule has 43 heavy (non-hydrogen) atoms. The molecule has 3 fully saturated rings. The van der Waals surface area contributed by atoms with Crippen LogP contribution < -0.4 is 0 Å². The second kappa shape index (κ2) is 12.4. The lowest BCUT2D eigenvalue weighted by atomic mass is 9.90. The van der Waals surface area contributed by atoms with Crippen LogP contribution in [0.3, 0.4) is 0 Å². The predicted octanol–water partition coefficient (Wildman–Crippen LogP) is 5.49. The van der Waals surface area contributed by atoms with Crippen LogP contribution in [0.4, 0.5) is 8.78 Å². The van der Waals surface area contributed by atoms with Gasteiger partial charge in [-0.05, 0) is 44.2 Å². The van der Waals surface area contributed by atoms with E-state index in [0.717, 1.165) is 42.6 Å². The molecule has 2 aliphatic heterocycles. The van der Waals surface area contributed by atoms with Crippen LogP contribution in [0.1, 0.15) is 73.1 Å². The van der Waals surface area contributed by atoms with Crippen LogP contribution in [0.2, 0.25) is 0 Å². The van der Waals surface area contributed by atoms with Gasteiger partial charge in [0, 0.05) is 62.9 Å². The number of halogens is 3. The van der Waals surface area contributed by atoms with E-state index < -0.39 is 23.1 Å². The molecule has 0 N–H and O–H groups in total. The summed E-state index contributed by atoms with van der Waals surface area (Å²) >= 11 is 7.42. The van der Waals surface area contributed by atoms with Gasteiger partial charge < -0.3 is 14.5 Å². The standard InChI is InChI=1S/C32H38ClF2N5O3/c1-2-43-31(42)26-20-36-40(28(26)29(34)35)24-9-6-14-38(21-24)27-19-32(33,13-12-25(27)22-7-4-3-5-8-22)39-17-15-37(16-18-39)30(41)23-10-11-23/h3-5,7-8,12-13,20,23-24,29H,2,6,9-11,14-19,21H2,1H3. The van der Waals surface area contributed by atoms with Gasteiger partial charge in [-0.1, -0.05) is 48.0 Å². The van der Waals surface area contributed by atoms with E-state index in [1.54, 1.807) is 6.92 Å². The third-order valence-electron chi connectivity index (χ3n) is 9.02. The number of rotatable bonds is 8. The number of benzene rings is 1. The molecule has 8 nitrogen and oxygen atoms in total. The molecule has 0 spiro atoms. The Bertz CT molecular complexity index is 1400. The van der Waals surface area contributed by atoms with E-state index in [-0.39, 0.29) is 30.0 Å². The van der Waals surface area contributed by atoms with Crippen molar-refractivity contribution in [3.63, 3.8) is 0 Å². The summed E-state index contributed by atoms with van der Waals surface area (Å²) in [6, 6.07) is 9.77. The molecule has 1 aromatic heterocycles. The summed E-state index contributed by atoms with van der Waals surface area (Å²) in [7, 11) is 0. The second-order valence-corrected chi connectivity index (χ2v) is 12.4. The predicted molar refractivity (Wildman–Crippen MR) is 160 cm³/mol. The average Bonchev–Trinajstić information content (AvgIpc) is 3.78. The first-order chi connectivity index (χ1) is 20.8. The van der Waals surface area contributed by atoms with Crippen LogP contribution >= 0.6 is 11.6 Å². The zero-order valence-corrected chi connectivity index (χ0v) is 25.2. The zero-order chi connectivity index (χ0) is 30.1. The minimum Gasteiger partial charge on any atom is -0.462 e. The molecule has 1 aromatic carbocycles. The summed E-state index contributed by atoms with van der Waals surface area (Å²) in [4.78, 5) is 30.8. The number of ether oxygens (including phenoxy) is 1. The monoisotopic (exact) mass is 613 g/mol. The highest BCUT2D eigenvalue weighted by molar-refractivity contribution is 6.25. The number of hydrogen-bond donors (Lipinski definition) is 0. The fraction of sp³-hybridized carbons (Fsp3) is 0.531. The topological polar surface area (TPSA) is 70.9 Å². The largest absolute Gasteiger partial charge is 0.462 e. The van der Waals surface area contributed by atoms with Gasteiger partial charge >= 0.3 is 5.97 Å². The Labute approximate surface area is 255 Å². The van der Waals surface area contributed by atoms with Crippen molar-refractivity contribution in [2.75, 3.05) is 45.9 Å². The minimum absolute atomic E-state index is 0.0971. The highest BCUT2D eigenvalue weighted by Crippen LogP contribution is 2.43. The Hall–Kier alpha value is -3.24. The van der Waals surface area contributed by atoms with Crippen molar-refractivity contribution >= 4 is 29.1 Å². The first kappa shape index (κ1) is 29.8. The number of allylic oxidation sites excluding steroid dienone is 2. The molecule has 0 bridgehead atoms. The number of amides is 1. The van der Waals surface area contributed by atoms with Gasteiger partial charge in [-0.15, -0.1) is 0 Å². The van der Waals surface area contributed by atoms with Crippen LogP contribution in [0.5, 0.6) is 0 Å². The Balaban J connectivity index is 1.26. The number of aromatic nitrogens is 2. The van der Waals surface area contributed by atoms with E-state index in [1.165, 1.54) is 10.9 Å². The molecular weight excluding hydrogens is 576 g/mol. The van der Waals surface area contributed by atoms with Gasteiger partial charge in [-0.25, -0.2) is 13.6 Å². The molecule has 2 unspecified atom stereocenters. The van der Waals surface area contributed by atoms with Crippen LogP contribution in [0, 0.1) is 5.92 Å². The molecule has 230 valence electrons. The summed E-state index contributed by atoms with van der Waals surface area (Å²) in [5, 5.41) is 4.27. The minimum atomic E-state index is -2.87. The zero-order valence-electron chi connectivity index (χ0n) is 24.4. The molecule has 3 heterocycles. The quantitative estimate of drug-likeness (QED) is 0.223. The van der Waals surface area contributed by atoms with Gasteiger partial charge in [0.1, 0.15) is 16.3 Å². The average molecular weight is 614 g/mol. The van der Waals surface area contributed by atoms with E-state index in [0.29, 0.717) is 45.6 Å². The molecule has 2 saturated heterocycles. The third-order valence-corrected chi connectivity index (χ3v) is 9.52. The van der Waals surface area contributed by atoms with E-state index in [9.17, 15) is 18.4 Å². The number of alkyl halides is 3. The van der Waals surface area contributed by atoms with Gasteiger partial charge in [-0.2, -0.15) is 5.10 Å². The van der Waals surface area contributed by atoms with Crippen molar-refractivity contribution in [2.45, 2.75) is 56.5 Å². The maximum absolute atomic E-state index is 14.3. The van der Waals surface area contributed by atoms with Crippen LogP contribution in [-0.4, -0.2) is 87.2 Å². The summed E-state index contributed by atoms with van der Waals surface area (Å²) in [5.41, 5.74) is 2.60. The van der Waals surface area contributed by atoms with Crippen molar-refractivity contribution in [2.24, 2.45) is 5.92 Å². The molecule has 2 aliphatic carbocycles. The van der Waals surface area contributed by atoms with Crippen molar-refractivity contribution in [1.82, 2.24) is 24.5 Å². The van der Waals surface area contributed by atoms with Crippen molar-refractivity contribution < 1.29 is 23.1 Å². The lowest BCUT2D eigenvalue weighted by molar-refractivity contribution is -0.134. The van der Waals surface area contributed by atoms with E-state index in [1.807, 2.05) is 23.1 Å². The number of esters is 1.